The first-order chi connectivity index (χ1) is 13.0. The van der Waals surface area contributed by atoms with E-state index in [1.807, 2.05) is 30.3 Å². The number of carbonyl (C=O) groups excluding carboxylic acids is 3. The first kappa shape index (κ1) is 18.1. The predicted molar refractivity (Wildman–Crippen MR) is 98.3 cm³/mol. The lowest BCUT2D eigenvalue weighted by molar-refractivity contribution is -0.137. The van der Waals surface area contributed by atoms with Gasteiger partial charge < -0.3 is 16.0 Å². The monoisotopic (exact) mass is 365 g/mol. The van der Waals surface area contributed by atoms with Crippen molar-refractivity contribution in [1.82, 2.24) is 19.9 Å². The highest BCUT2D eigenvalue weighted by Gasteiger charge is 2.27. The molecule has 1 atom stereocenters. The highest BCUT2D eigenvalue weighted by molar-refractivity contribution is 6.38. The van der Waals surface area contributed by atoms with E-state index in [1.165, 1.54) is 6.20 Å². The quantitative estimate of drug-likeness (QED) is 0.538. The molecule has 0 fully saturated rings. The van der Waals surface area contributed by atoms with Crippen LogP contribution in [-0.2, 0) is 16.0 Å². The number of imidazole rings is 1. The zero-order valence-corrected chi connectivity index (χ0v) is 14.7. The fourth-order valence-corrected chi connectivity index (χ4v) is 2.84. The zero-order chi connectivity index (χ0) is 19.4. The summed E-state index contributed by atoms with van der Waals surface area (Å²) < 4.78 is 1.68. The summed E-state index contributed by atoms with van der Waals surface area (Å²) in [6.07, 6.45) is 3.24. The smallest absolute Gasteiger partial charge is 0.287 e. The van der Waals surface area contributed by atoms with E-state index < -0.39 is 23.6 Å². The van der Waals surface area contributed by atoms with Gasteiger partial charge in [-0.1, -0.05) is 18.2 Å². The molecule has 2 heterocycles. The van der Waals surface area contributed by atoms with Crippen LogP contribution in [0.1, 0.15) is 22.0 Å². The molecule has 0 saturated heterocycles. The molecule has 2 amide bonds. The number of aryl methyl sites for hydroxylation is 1. The number of aromatic amines is 1. The lowest BCUT2D eigenvalue weighted by Crippen LogP contribution is -2.47. The minimum atomic E-state index is -1.10. The van der Waals surface area contributed by atoms with Crippen molar-refractivity contribution in [2.45, 2.75) is 19.4 Å². The summed E-state index contributed by atoms with van der Waals surface area (Å²) in [5, 5.41) is 2.61. The Bertz CT molecular complexity index is 961. The number of carbonyl (C=O) groups is 3. The van der Waals surface area contributed by atoms with Crippen LogP contribution >= 0.6 is 0 Å². The van der Waals surface area contributed by atoms with Gasteiger partial charge in [-0.3, -0.25) is 19.0 Å². The molecule has 27 heavy (non-hydrogen) atoms. The number of nitrogens with zero attached hydrogens (tertiary/aromatic N) is 2. The van der Waals surface area contributed by atoms with E-state index in [1.54, 1.807) is 29.8 Å². The van der Waals surface area contributed by atoms with Crippen molar-refractivity contribution in [3.05, 3.63) is 72.1 Å². The molecule has 2 aromatic heterocycles. The molecule has 4 N–H and O–H groups in total. The third-order valence-electron chi connectivity index (χ3n) is 4.14. The molecule has 0 aliphatic heterocycles. The second-order valence-corrected chi connectivity index (χ2v) is 6.02. The molecule has 1 aromatic carbocycles. The number of ketones is 1. The summed E-state index contributed by atoms with van der Waals surface area (Å²) in [6, 6.07) is 11.7. The van der Waals surface area contributed by atoms with E-state index in [4.69, 9.17) is 5.73 Å². The number of rotatable bonds is 7. The standard InChI is InChI=1S/C19H19N5O3/c1-12-22-11-16(24(12)14-7-3-2-4-8-14)19(27)23-15(17(25)18(20)26)10-13-6-5-9-21-13/h2-9,11,15,21H,10H2,1H3,(H2,20,26)(H,23,27). The van der Waals surface area contributed by atoms with Crippen LogP contribution in [0.2, 0.25) is 0 Å². The Hall–Kier alpha value is -3.68. The number of benzene rings is 1. The van der Waals surface area contributed by atoms with Gasteiger partial charge in [0.2, 0.25) is 5.78 Å². The third-order valence-corrected chi connectivity index (χ3v) is 4.14. The molecule has 8 nitrogen and oxygen atoms in total. The molecule has 0 spiro atoms. The Morgan fingerprint density at radius 2 is 1.93 bits per heavy atom. The van der Waals surface area contributed by atoms with E-state index in [9.17, 15) is 14.4 Å². The molecular weight excluding hydrogens is 346 g/mol. The minimum absolute atomic E-state index is 0.124. The molecule has 138 valence electrons. The van der Waals surface area contributed by atoms with E-state index in [-0.39, 0.29) is 12.1 Å². The molecule has 0 aliphatic carbocycles. The molecule has 0 saturated carbocycles. The highest BCUT2D eigenvalue weighted by Crippen LogP contribution is 2.15. The first-order valence-electron chi connectivity index (χ1n) is 8.34. The zero-order valence-electron chi connectivity index (χ0n) is 14.7. The average Bonchev–Trinajstić information content (AvgIpc) is 3.30. The molecule has 1 unspecified atom stereocenters. The number of hydrogen-bond acceptors (Lipinski definition) is 4. The number of nitrogens with two attached hydrogens (primary N) is 1. The summed E-state index contributed by atoms with van der Waals surface area (Å²) in [4.78, 5) is 43.5. The number of para-hydroxylation sites is 1. The van der Waals surface area contributed by atoms with Gasteiger partial charge in [0.1, 0.15) is 17.6 Å². The maximum Gasteiger partial charge on any atom is 0.287 e. The maximum absolute atomic E-state index is 12.8. The van der Waals surface area contributed by atoms with Crippen LogP contribution in [0.25, 0.3) is 5.69 Å². The van der Waals surface area contributed by atoms with Gasteiger partial charge in [0.25, 0.3) is 11.8 Å². The number of aromatic nitrogens is 3. The van der Waals surface area contributed by atoms with Crippen LogP contribution in [0.3, 0.4) is 0 Å². The van der Waals surface area contributed by atoms with Gasteiger partial charge in [0.05, 0.1) is 6.20 Å². The van der Waals surface area contributed by atoms with Gasteiger partial charge in [-0.2, -0.15) is 0 Å². The fraction of sp³-hybridized carbons (Fsp3) is 0.158. The predicted octanol–water partition coefficient (Wildman–Crippen LogP) is 0.904. The lowest BCUT2D eigenvalue weighted by atomic mass is 10.1. The Balaban J connectivity index is 1.88. The largest absolute Gasteiger partial charge is 0.365 e. The van der Waals surface area contributed by atoms with Crippen molar-refractivity contribution in [2.24, 2.45) is 5.73 Å². The van der Waals surface area contributed by atoms with Crippen LogP contribution < -0.4 is 11.1 Å². The molecule has 0 bridgehead atoms. The molecule has 0 aliphatic rings. The number of primary amides is 1. The topological polar surface area (TPSA) is 123 Å². The number of Topliss-reactive ketones (excluding diaryl/α,β-unsaturated/α-hetero) is 1. The van der Waals surface area contributed by atoms with E-state index in [0.717, 1.165) is 5.69 Å². The minimum Gasteiger partial charge on any atom is -0.365 e. The average molecular weight is 365 g/mol. The summed E-state index contributed by atoms with van der Waals surface area (Å²) in [6.45, 7) is 1.77. The van der Waals surface area contributed by atoms with Gasteiger partial charge in [-0.15, -0.1) is 0 Å². The van der Waals surface area contributed by atoms with Crippen molar-refractivity contribution in [2.75, 3.05) is 0 Å². The van der Waals surface area contributed by atoms with E-state index in [2.05, 4.69) is 15.3 Å². The number of nitrogens with one attached hydrogen (secondary N) is 2. The summed E-state index contributed by atoms with van der Waals surface area (Å²) in [5.74, 6) is -1.86. The number of hydrogen-bond donors (Lipinski definition) is 3. The Morgan fingerprint density at radius 1 is 1.19 bits per heavy atom. The van der Waals surface area contributed by atoms with Crippen LogP contribution in [0.15, 0.2) is 54.9 Å². The third kappa shape index (κ3) is 3.95. The molecule has 3 aromatic rings. The lowest BCUT2D eigenvalue weighted by Gasteiger charge is -2.17. The van der Waals surface area contributed by atoms with Crippen molar-refractivity contribution >= 4 is 17.6 Å². The molecule has 3 rings (SSSR count). The summed E-state index contributed by atoms with van der Waals surface area (Å²) in [7, 11) is 0. The Morgan fingerprint density at radius 3 is 2.56 bits per heavy atom. The van der Waals surface area contributed by atoms with Gasteiger partial charge in [-0.25, -0.2) is 4.98 Å². The normalized spacial score (nSPS) is 11.7. The van der Waals surface area contributed by atoms with E-state index in [0.29, 0.717) is 11.5 Å². The van der Waals surface area contributed by atoms with Crippen molar-refractivity contribution in [1.29, 1.82) is 0 Å². The van der Waals surface area contributed by atoms with Gasteiger partial charge in [-0.05, 0) is 31.2 Å². The van der Waals surface area contributed by atoms with Crippen molar-refractivity contribution < 1.29 is 14.4 Å². The van der Waals surface area contributed by atoms with Gasteiger partial charge in [0, 0.05) is 24.0 Å². The SMILES string of the molecule is Cc1ncc(C(=O)NC(Cc2ccc[nH]2)C(=O)C(N)=O)n1-c1ccccc1. The van der Waals surface area contributed by atoms with Crippen LogP contribution in [0.4, 0.5) is 0 Å². The number of amides is 2. The molecule has 8 heteroatoms. The van der Waals surface area contributed by atoms with Crippen LogP contribution in [0.5, 0.6) is 0 Å². The maximum atomic E-state index is 12.8. The van der Waals surface area contributed by atoms with Crippen LogP contribution in [0, 0.1) is 6.92 Å². The van der Waals surface area contributed by atoms with Gasteiger partial charge in [0.15, 0.2) is 0 Å². The van der Waals surface area contributed by atoms with Crippen molar-refractivity contribution in [3.63, 3.8) is 0 Å². The first-order valence-corrected chi connectivity index (χ1v) is 8.34. The summed E-state index contributed by atoms with van der Waals surface area (Å²) in [5.41, 5.74) is 6.86. The number of H-pyrrole nitrogens is 1. The van der Waals surface area contributed by atoms with Gasteiger partial charge >= 0.3 is 0 Å². The van der Waals surface area contributed by atoms with E-state index >= 15 is 0 Å². The Labute approximate surface area is 155 Å². The van der Waals surface area contributed by atoms with Crippen molar-refractivity contribution in [3.8, 4) is 5.69 Å². The van der Waals surface area contributed by atoms with Crippen LogP contribution in [-0.4, -0.2) is 38.2 Å². The fourth-order valence-electron chi connectivity index (χ4n) is 2.84. The second-order valence-electron chi connectivity index (χ2n) is 6.02. The molecular formula is C19H19N5O3. The summed E-state index contributed by atoms with van der Waals surface area (Å²) >= 11 is 0. The highest BCUT2D eigenvalue weighted by atomic mass is 16.2. The Kier molecular flexibility index (Phi) is 5.16. The molecule has 0 radical (unpaired) electrons. The second kappa shape index (κ2) is 7.69.